The van der Waals surface area contributed by atoms with Gasteiger partial charge in [-0.1, -0.05) is 13.8 Å². The minimum Gasteiger partial charge on any atom is -0.431 e. The molecule has 4 fully saturated rings. The first-order chi connectivity index (χ1) is 13.6. The molecular weight excluding hydrogens is 368 g/mol. The van der Waals surface area contributed by atoms with Gasteiger partial charge in [-0.15, -0.1) is 0 Å². The molecule has 0 aromatic carbocycles. The van der Waals surface area contributed by atoms with E-state index in [4.69, 9.17) is 4.42 Å². The molecule has 4 aliphatic carbocycles. The van der Waals surface area contributed by atoms with Crippen molar-refractivity contribution in [2.45, 2.75) is 94.9 Å². The molecule has 5 nitrogen and oxygen atoms in total. The number of aliphatic hydroxyl groups excluding tert-OH is 1. The van der Waals surface area contributed by atoms with E-state index in [1.165, 1.54) is 6.07 Å². The van der Waals surface area contributed by atoms with Gasteiger partial charge in [0.2, 0.25) is 0 Å². The fourth-order valence-electron chi connectivity index (χ4n) is 8.30. The largest absolute Gasteiger partial charge is 0.431 e. The number of hydrogen-bond acceptors (Lipinski definition) is 5. The van der Waals surface area contributed by atoms with Crippen LogP contribution in [0.4, 0.5) is 0 Å². The number of fused-ring (bicyclic) bond motifs is 5. The Balaban J connectivity index is 1.50. The zero-order valence-corrected chi connectivity index (χ0v) is 17.6. The molecule has 1 aromatic heterocycles. The molecule has 0 spiro atoms. The van der Waals surface area contributed by atoms with Gasteiger partial charge in [-0.3, -0.25) is 0 Å². The van der Waals surface area contributed by atoms with Crippen LogP contribution < -0.4 is 5.63 Å². The molecule has 0 unspecified atom stereocenters. The summed E-state index contributed by atoms with van der Waals surface area (Å²) in [5, 5.41) is 33.9. The Morgan fingerprint density at radius 1 is 0.931 bits per heavy atom. The molecule has 1 aromatic rings. The maximum Gasteiger partial charge on any atom is 0.335 e. The van der Waals surface area contributed by atoms with Crippen LogP contribution in [0.25, 0.3) is 0 Å². The molecule has 8 atom stereocenters. The highest BCUT2D eigenvalue weighted by Gasteiger charge is 2.69. The molecule has 4 aliphatic rings. The van der Waals surface area contributed by atoms with Crippen LogP contribution in [0.2, 0.25) is 0 Å². The van der Waals surface area contributed by atoms with Gasteiger partial charge in [0.05, 0.1) is 23.6 Å². The monoisotopic (exact) mass is 402 g/mol. The summed E-state index contributed by atoms with van der Waals surface area (Å²) in [6, 6.07) is 3.35. The van der Waals surface area contributed by atoms with Crippen molar-refractivity contribution in [3.8, 4) is 0 Å². The van der Waals surface area contributed by atoms with Crippen molar-refractivity contribution in [3.63, 3.8) is 0 Å². The lowest BCUT2D eigenvalue weighted by Crippen LogP contribution is -2.67. The van der Waals surface area contributed by atoms with Gasteiger partial charge >= 0.3 is 5.63 Å². The highest BCUT2D eigenvalue weighted by atomic mass is 16.4. The highest BCUT2D eigenvalue weighted by molar-refractivity contribution is 5.27. The predicted octanol–water partition coefficient (Wildman–Crippen LogP) is 3.36. The molecule has 1 heterocycles. The molecule has 0 radical (unpaired) electrons. The quantitative estimate of drug-likeness (QED) is 0.670. The van der Waals surface area contributed by atoms with Crippen molar-refractivity contribution in [2.75, 3.05) is 0 Å². The van der Waals surface area contributed by atoms with Crippen LogP contribution in [0.3, 0.4) is 0 Å². The van der Waals surface area contributed by atoms with Crippen LogP contribution in [-0.2, 0) is 0 Å². The summed E-state index contributed by atoms with van der Waals surface area (Å²) in [5.74, 6) is 0.626. The van der Waals surface area contributed by atoms with Gasteiger partial charge in [0, 0.05) is 17.9 Å². The smallest absolute Gasteiger partial charge is 0.335 e. The predicted molar refractivity (Wildman–Crippen MR) is 108 cm³/mol. The first-order valence-corrected chi connectivity index (χ1v) is 11.3. The number of rotatable bonds is 1. The van der Waals surface area contributed by atoms with Gasteiger partial charge in [-0.2, -0.15) is 0 Å². The third-order valence-electron chi connectivity index (χ3n) is 10.1. The Morgan fingerprint density at radius 2 is 1.66 bits per heavy atom. The van der Waals surface area contributed by atoms with Crippen molar-refractivity contribution in [1.82, 2.24) is 0 Å². The van der Waals surface area contributed by atoms with E-state index < -0.39 is 17.3 Å². The lowest BCUT2D eigenvalue weighted by Gasteiger charge is -2.66. The van der Waals surface area contributed by atoms with Crippen LogP contribution in [0, 0.1) is 22.7 Å². The summed E-state index contributed by atoms with van der Waals surface area (Å²) in [4.78, 5) is 11.4. The van der Waals surface area contributed by atoms with Gasteiger partial charge in [-0.05, 0) is 86.2 Å². The van der Waals surface area contributed by atoms with Gasteiger partial charge in [-0.25, -0.2) is 4.79 Å². The van der Waals surface area contributed by atoms with Gasteiger partial charge < -0.3 is 19.7 Å². The highest BCUT2D eigenvalue weighted by Crippen LogP contribution is 2.71. The van der Waals surface area contributed by atoms with Gasteiger partial charge in [0.1, 0.15) is 0 Å². The third kappa shape index (κ3) is 2.47. The Labute approximate surface area is 172 Å². The SMILES string of the molecule is C[C@]12CC[C@H](O)C[C@@]1(O)CC[C@@H]1[C@@H]2CC[C@]2(C)[C@H](c3ccc(=O)oc3)CC[C@@]12O. The van der Waals surface area contributed by atoms with E-state index in [0.717, 1.165) is 50.5 Å². The normalized spacial score (nSPS) is 51.8. The molecule has 4 saturated carbocycles. The summed E-state index contributed by atoms with van der Waals surface area (Å²) in [6.07, 6.45) is 8.22. The van der Waals surface area contributed by atoms with Crippen LogP contribution in [0.5, 0.6) is 0 Å². The second-order valence-corrected chi connectivity index (χ2v) is 11.0. The zero-order chi connectivity index (χ0) is 20.7. The van der Waals surface area contributed by atoms with Crippen LogP contribution >= 0.6 is 0 Å². The molecule has 3 N–H and O–H groups in total. The maximum absolute atomic E-state index is 12.2. The molecule has 5 heteroatoms. The first-order valence-electron chi connectivity index (χ1n) is 11.3. The summed E-state index contributed by atoms with van der Waals surface area (Å²) < 4.78 is 5.15. The van der Waals surface area contributed by atoms with Crippen molar-refractivity contribution in [3.05, 3.63) is 34.4 Å². The second-order valence-electron chi connectivity index (χ2n) is 11.0. The van der Waals surface area contributed by atoms with Crippen molar-refractivity contribution >= 4 is 0 Å². The van der Waals surface area contributed by atoms with Gasteiger partial charge in [0.15, 0.2) is 0 Å². The van der Waals surface area contributed by atoms with Crippen molar-refractivity contribution in [2.24, 2.45) is 22.7 Å². The Kier molecular flexibility index (Phi) is 4.21. The first kappa shape index (κ1) is 19.8. The lowest BCUT2D eigenvalue weighted by molar-refractivity contribution is -0.253. The average Bonchev–Trinajstić information content (AvgIpc) is 2.95. The molecule has 0 amide bonds. The topological polar surface area (TPSA) is 90.9 Å². The summed E-state index contributed by atoms with van der Waals surface area (Å²) in [5.41, 5.74) is -1.41. The molecule has 5 rings (SSSR count). The second kappa shape index (κ2) is 6.18. The van der Waals surface area contributed by atoms with E-state index in [1.54, 1.807) is 6.26 Å². The Bertz CT molecular complexity index is 845. The van der Waals surface area contributed by atoms with Crippen LogP contribution in [0.15, 0.2) is 27.6 Å². The summed E-state index contributed by atoms with van der Waals surface area (Å²) >= 11 is 0. The van der Waals surface area contributed by atoms with Crippen molar-refractivity contribution < 1.29 is 19.7 Å². The molecule has 0 saturated heterocycles. The number of hydrogen-bond donors (Lipinski definition) is 3. The lowest BCUT2D eigenvalue weighted by atomic mass is 9.42. The van der Waals surface area contributed by atoms with E-state index in [9.17, 15) is 20.1 Å². The average molecular weight is 403 g/mol. The third-order valence-corrected chi connectivity index (χ3v) is 10.1. The molecule has 0 aliphatic heterocycles. The standard InChI is InChI=1S/C24H34O5/c1-21-9-5-16(25)13-23(21,27)11-7-19-18(21)6-10-22(2)17(8-12-24(19,22)28)15-3-4-20(26)29-14-15/h3-4,14,16-19,25,27-28H,5-13H2,1-2H3/t16-,17-,18-,19+,21+,22+,23-,24+/m0/s1. The molecular formula is C24H34O5. The Hall–Kier alpha value is -1.17. The minimum absolute atomic E-state index is 0.169. The van der Waals surface area contributed by atoms with Gasteiger partial charge in [0.25, 0.3) is 0 Å². The van der Waals surface area contributed by atoms with Crippen LogP contribution in [-0.4, -0.2) is 32.6 Å². The molecule has 160 valence electrons. The Morgan fingerprint density at radius 3 is 2.38 bits per heavy atom. The fraction of sp³-hybridized carbons (Fsp3) is 0.792. The fourth-order valence-corrected chi connectivity index (χ4v) is 8.30. The zero-order valence-electron chi connectivity index (χ0n) is 17.6. The van der Waals surface area contributed by atoms with E-state index in [1.807, 2.05) is 6.07 Å². The van der Waals surface area contributed by atoms with E-state index in [2.05, 4.69) is 13.8 Å². The molecule has 29 heavy (non-hydrogen) atoms. The maximum atomic E-state index is 12.2. The van der Waals surface area contributed by atoms with E-state index in [0.29, 0.717) is 12.8 Å². The van der Waals surface area contributed by atoms with Crippen LogP contribution in [0.1, 0.15) is 83.1 Å². The number of aliphatic hydroxyl groups is 3. The summed E-state index contributed by atoms with van der Waals surface area (Å²) in [6.45, 7) is 4.43. The van der Waals surface area contributed by atoms with Crippen molar-refractivity contribution in [1.29, 1.82) is 0 Å². The van der Waals surface area contributed by atoms with E-state index in [-0.39, 0.29) is 34.2 Å². The summed E-state index contributed by atoms with van der Waals surface area (Å²) in [7, 11) is 0. The molecule has 0 bridgehead atoms. The van der Waals surface area contributed by atoms with E-state index >= 15 is 0 Å². The minimum atomic E-state index is -0.823.